The van der Waals surface area contributed by atoms with Crippen molar-refractivity contribution < 1.29 is 14.7 Å². The summed E-state index contributed by atoms with van der Waals surface area (Å²) in [7, 11) is 0. The van der Waals surface area contributed by atoms with Crippen LogP contribution in [0.5, 0.6) is 0 Å². The Kier molecular flexibility index (Phi) is 3.47. The summed E-state index contributed by atoms with van der Waals surface area (Å²) in [4.78, 5) is 24.1. The van der Waals surface area contributed by atoms with Crippen molar-refractivity contribution in [1.29, 1.82) is 0 Å². The maximum Gasteiger partial charge on any atom is 0.308 e. The predicted molar refractivity (Wildman–Crippen MR) is 67.2 cm³/mol. The van der Waals surface area contributed by atoms with E-state index < -0.39 is 11.9 Å². The Bertz CT molecular complexity index is 444. The molecule has 17 heavy (non-hydrogen) atoms. The number of carboxylic acids is 1. The maximum atomic E-state index is 11.7. The van der Waals surface area contributed by atoms with E-state index in [-0.39, 0.29) is 18.9 Å². The molecule has 0 aliphatic carbocycles. The molecule has 1 fully saturated rings. The van der Waals surface area contributed by atoms with Gasteiger partial charge in [0.05, 0.1) is 5.92 Å². The zero-order chi connectivity index (χ0) is 12.4. The number of alkyl halides is 1. The van der Waals surface area contributed by atoms with Crippen molar-refractivity contribution in [2.75, 3.05) is 11.4 Å². The molecule has 0 spiro atoms. The number of anilines is 1. The van der Waals surface area contributed by atoms with Crippen molar-refractivity contribution in [3.63, 3.8) is 0 Å². The normalized spacial score (nSPS) is 19.7. The van der Waals surface area contributed by atoms with Crippen LogP contribution in [0, 0.1) is 5.92 Å². The van der Waals surface area contributed by atoms with Crippen LogP contribution in [0.4, 0.5) is 5.69 Å². The number of carbonyl (C=O) groups is 2. The number of benzene rings is 1. The second-order valence-corrected chi connectivity index (χ2v) is 4.60. The summed E-state index contributed by atoms with van der Waals surface area (Å²) >= 11 is 3.35. The average Bonchev–Trinajstić information content (AvgIpc) is 2.72. The van der Waals surface area contributed by atoms with E-state index in [0.717, 1.165) is 16.6 Å². The molecule has 1 aromatic carbocycles. The second-order valence-electron chi connectivity index (χ2n) is 4.04. The lowest BCUT2D eigenvalue weighted by Gasteiger charge is -2.16. The van der Waals surface area contributed by atoms with Gasteiger partial charge in [-0.15, -0.1) is 0 Å². The predicted octanol–water partition coefficient (Wildman–Crippen LogP) is 2.02. The molecule has 1 N–H and O–H groups in total. The van der Waals surface area contributed by atoms with Gasteiger partial charge in [-0.05, 0) is 17.7 Å². The van der Waals surface area contributed by atoms with Gasteiger partial charge in [-0.2, -0.15) is 0 Å². The lowest BCUT2D eigenvalue weighted by Crippen LogP contribution is -2.25. The topological polar surface area (TPSA) is 57.6 Å². The van der Waals surface area contributed by atoms with Crippen molar-refractivity contribution in [2.24, 2.45) is 5.92 Å². The van der Waals surface area contributed by atoms with E-state index in [0.29, 0.717) is 0 Å². The van der Waals surface area contributed by atoms with Crippen LogP contribution in [0.1, 0.15) is 12.0 Å². The first-order chi connectivity index (χ1) is 8.11. The number of amides is 1. The van der Waals surface area contributed by atoms with Crippen LogP contribution in [0.25, 0.3) is 0 Å². The van der Waals surface area contributed by atoms with E-state index in [9.17, 15) is 9.59 Å². The highest BCUT2D eigenvalue weighted by Crippen LogP contribution is 2.25. The molecule has 4 nitrogen and oxygen atoms in total. The Hall–Kier alpha value is -1.36. The Morgan fingerprint density at radius 3 is 2.53 bits per heavy atom. The fourth-order valence-corrected chi connectivity index (χ4v) is 2.26. The van der Waals surface area contributed by atoms with Crippen LogP contribution in [0.15, 0.2) is 24.3 Å². The molecule has 0 saturated carbocycles. The molecule has 0 radical (unpaired) electrons. The molecule has 1 amide bonds. The third kappa shape index (κ3) is 2.49. The van der Waals surface area contributed by atoms with Gasteiger partial charge in [0.25, 0.3) is 0 Å². The van der Waals surface area contributed by atoms with E-state index in [2.05, 4.69) is 15.9 Å². The fourth-order valence-electron chi connectivity index (χ4n) is 1.89. The van der Waals surface area contributed by atoms with Crippen LogP contribution >= 0.6 is 15.9 Å². The Morgan fingerprint density at radius 2 is 2.06 bits per heavy atom. The van der Waals surface area contributed by atoms with E-state index in [1.807, 2.05) is 24.3 Å². The van der Waals surface area contributed by atoms with Crippen molar-refractivity contribution >= 4 is 33.5 Å². The number of carbonyl (C=O) groups excluding carboxylic acids is 1. The maximum absolute atomic E-state index is 11.7. The molecule has 2 rings (SSSR count). The van der Waals surface area contributed by atoms with Gasteiger partial charge in [-0.1, -0.05) is 28.1 Å². The molecule has 0 bridgehead atoms. The molecule has 1 aliphatic rings. The van der Waals surface area contributed by atoms with Crippen molar-refractivity contribution in [2.45, 2.75) is 11.8 Å². The number of rotatable bonds is 3. The van der Waals surface area contributed by atoms with Gasteiger partial charge in [0, 0.05) is 24.0 Å². The summed E-state index contributed by atoms with van der Waals surface area (Å²) in [6.45, 7) is 0.266. The molecule has 90 valence electrons. The molecule has 1 saturated heterocycles. The van der Waals surface area contributed by atoms with Crippen LogP contribution in [0.3, 0.4) is 0 Å². The van der Waals surface area contributed by atoms with Gasteiger partial charge >= 0.3 is 5.97 Å². The number of halogens is 1. The van der Waals surface area contributed by atoms with Gasteiger partial charge in [-0.3, -0.25) is 9.59 Å². The zero-order valence-corrected chi connectivity index (χ0v) is 10.7. The molecule has 1 aromatic rings. The van der Waals surface area contributed by atoms with E-state index in [4.69, 9.17) is 5.11 Å². The minimum absolute atomic E-state index is 0.0928. The number of nitrogens with zero attached hydrogens (tertiary/aromatic N) is 1. The van der Waals surface area contributed by atoms with Crippen LogP contribution in [0.2, 0.25) is 0 Å². The van der Waals surface area contributed by atoms with E-state index in [1.54, 1.807) is 0 Å². The van der Waals surface area contributed by atoms with Gasteiger partial charge in [0.15, 0.2) is 0 Å². The number of aliphatic carboxylic acids is 1. The molecule has 1 atom stereocenters. The first-order valence-corrected chi connectivity index (χ1v) is 6.42. The molecule has 0 unspecified atom stereocenters. The quantitative estimate of drug-likeness (QED) is 0.869. The Morgan fingerprint density at radius 1 is 1.41 bits per heavy atom. The summed E-state index contributed by atoms with van der Waals surface area (Å²) in [5, 5.41) is 9.66. The number of hydrogen-bond donors (Lipinski definition) is 1. The Balaban J connectivity index is 2.17. The SMILES string of the molecule is O=C(O)[C@H]1CC(=O)N(c2ccc(CBr)cc2)C1. The molecule has 1 heterocycles. The Labute approximate surface area is 107 Å². The fraction of sp³-hybridized carbons (Fsp3) is 0.333. The van der Waals surface area contributed by atoms with Gasteiger partial charge in [0.1, 0.15) is 0 Å². The summed E-state index contributed by atoms with van der Waals surface area (Å²) in [6, 6.07) is 7.54. The third-order valence-corrected chi connectivity index (χ3v) is 3.52. The molecule has 1 aliphatic heterocycles. The first-order valence-electron chi connectivity index (χ1n) is 5.30. The smallest absolute Gasteiger partial charge is 0.308 e. The van der Waals surface area contributed by atoms with Crippen LogP contribution < -0.4 is 4.90 Å². The highest BCUT2D eigenvalue weighted by atomic mass is 79.9. The van der Waals surface area contributed by atoms with Gasteiger partial charge in [0.2, 0.25) is 5.91 Å². The van der Waals surface area contributed by atoms with Gasteiger partial charge in [-0.25, -0.2) is 0 Å². The lowest BCUT2D eigenvalue weighted by molar-refractivity contribution is -0.141. The van der Waals surface area contributed by atoms with Crippen molar-refractivity contribution in [3.05, 3.63) is 29.8 Å². The van der Waals surface area contributed by atoms with Crippen LogP contribution in [-0.2, 0) is 14.9 Å². The molecular formula is C12H12BrNO3. The van der Waals surface area contributed by atoms with E-state index in [1.165, 1.54) is 4.90 Å². The minimum atomic E-state index is -0.905. The average molecular weight is 298 g/mol. The van der Waals surface area contributed by atoms with Crippen molar-refractivity contribution in [3.8, 4) is 0 Å². The summed E-state index contributed by atoms with van der Waals surface area (Å²) in [6.07, 6.45) is 0.0928. The number of carboxylic acid groups (broad SMARTS) is 1. The minimum Gasteiger partial charge on any atom is -0.481 e. The van der Waals surface area contributed by atoms with Crippen LogP contribution in [-0.4, -0.2) is 23.5 Å². The zero-order valence-electron chi connectivity index (χ0n) is 9.10. The largest absolute Gasteiger partial charge is 0.481 e. The number of hydrogen-bond acceptors (Lipinski definition) is 2. The molecule has 0 aromatic heterocycles. The summed E-state index contributed by atoms with van der Waals surface area (Å²) in [5.41, 5.74) is 1.89. The van der Waals surface area contributed by atoms with E-state index >= 15 is 0 Å². The lowest BCUT2D eigenvalue weighted by atomic mass is 10.1. The second kappa shape index (κ2) is 4.87. The summed E-state index contributed by atoms with van der Waals surface area (Å²) < 4.78 is 0. The highest BCUT2D eigenvalue weighted by Gasteiger charge is 2.34. The van der Waals surface area contributed by atoms with Gasteiger partial charge < -0.3 is 10.0 Å². The molecular weight excluding hydrogens is 286 g/mol. The summed E-state index contributed by atoms with van der Waals surface area (Å²) in [5.74, 6) is -1.61. The van der Waals surface area contributed by atoms with Crippen molar-refractivity contribution in [1.82, 2.24) is 0 Å². The monoisotopic (exact) mass is 297 g/mol. The standard InChI is InChI=1S/C12H12BrNO3/c13-6-8-1-3-10(4-2-8)14-7-9(12(16)17)5-11(14)15/h1-4,9H,5-7H2,(H,16,17)/t9-/m0/s1. The third-order valence-electron chi connectivity index (χ3n) is 2.88. The molecule has 5 heteroatoms. The first kappa shape index (κ1) is 12.1. The highest BCUT2D eigenvalue weighted by molar-refractivity contribution is 9.08.